The van der Waals surface area contributed by atoms with Crippen molar-refractivity contribution < 1.29 is 14.6 Å². The van der Waals surface area contributed by atoms with Crippen LogP contribution in [0.2, 0.25) is 0 Å². The summed E-state index contributed by atoms with van der Waals surface area (Å²) in [5.74, 6) is 0.433. The average Bonchev–Trinajstić information content (AvgIpc) is 3.01. The summed E-state index contributed by atoms with van der Waals surface area (Å²) in [6.07, 6.45) is 0. The number of methoxy groups -OCH3 is 1. The predicted octanol–water partition coefficient (Wildman–Crippen LogP) is 2.43. The highest BCUT2D eigenvalue weighted by Gasteiger charge is 2.40. The quantitative estimate of drug-likeness (QED) is 0.863. The van der Waals surface area contributed by atoms with Crippen LogP contribution in [0.15, 0.2) is 23.2 Å². The number of aromatic nitrogens is 1. The number of thioether (sulfide) groups is 1. The minimum Gasteiger partial charge on any atom is -0.508 e. The molecule has 1 atom stereocenters. The number of nitrogens with zero attached hydrogens (tertiary/aromatic N) is 2. The maximum absolute atomic E-state index is 11.7. The highest BCUT2D eigenvalue weighted by atomic mass is 32.2. The highest BCUT2D eigenvalue weighted by Crippen LogP contribution is 2.35. The first-order valence-corrected chi connectivity index (χ1v) is 7.73. The number of thiazole rings is 1. The van der Waals surface area contributed by atoms with Crippen LogP contribution in [0.1, 0.15) is 11.9 Å². The van der Waals surface area contributed by atoms with E-state index in [1.807, 2.05) is 0 Å². The molecule has 3 rings (SSSR count). The number of carbonyl (C=O) groups excluding carboxylic acids is 1. The number of hydrogen-bond acceptors (Lipinski definition) is 7. The number of phenolic OH excluding ortho intramolecular Hbond substituents is 1. The summed E-state index contributed by atoms with van der Waals surface area (Å²) < 4.78 is 5.68. The lowest BCUT2D eigenvalue weighted by Crippen LogP contribution is -2.34. The molecule has 0 saturated heterocycles. The van der Waals surface area contributed by atoms with Crippen LogP contribution in [0.3, 0.4) is 0 Å². The van der Waals surface area contributed by atoms with Crippen LogP contribution < -0.4 is 0 Å². The van der Waals surface area contributed by atoms with Gasteiger partial charge in [-0.3, -0.25) is 4.99 Å². The van der Waals surface area contributed by atoms with Gasteiger partial charge >= 0.3 is 5.97 Å². The topological polar surface area (TPSA) is 71.8 Å². The molecular weight excluding hydrogens is 296 g/mol. The Labute approximate surface area is 123 Å². The first-order chi connectivity index (χ1) is 9.51. The molecule has 0 amide bonds. The molecule has 1 aliphatic rings. The highest BCUT2D eigenvalue weighted by molar-refractivity contribution is 8.15. The molecule has 1 aliphatic heterocycles. The second-order valence-corrected chi connectivity index (χ2v) is 6.64. The molecule has 5 nitrogen and oxygen atoms in total. The second-order valence-electron chi connectivity index (χ2n) is 4.64. The van der Waals surface area contributed by atoms with Gasteiger partial charge in [0.15, 0.2) is 5.54 Å². The molecule has 1 N–H and O–H groups in total. The monoisotopic (exact) mass is 308 g/mol. The second kappa shape index (κ2) is 4.75. The summed E-state index contributed by atoms with van der Waals surface area (Å²) >= 11 is 2.95. The number of hydrogen-bond donors (Lipinski definition) is 1. The van der Waals surface area contributed by atoms with Crippen molar-refractivity contribution in [3.05, 3.63) is 23.2 Å². The first kappa shape index (κ1) is 13.4. The van der Waals surface area contributed by atoms with Gasteiger partial charge in [-0.25, -0.2) is 9.78 Å². The molecule has 1 aromatic carbocycles. The molecule has 0 aliphatic carbocycles. The lowest BCUT2D eigenvalue weighted by molar-refractivity contribution is -0.145. The van der Waals surface area contributed by atoms with Gasteiger partial charge in [0.25, 0.3) is 0 Å². The molecule has 0 saturated carbocycles. The summed E-state index contributed by atoms with van der Waals surface area (Å²) in [5, 5.41) is 11.0. The molecule has 0 radical (unpaired) electrons. The largest absolute Gasteiger partial charge is 0.508 e. The Hall–Kier alpha value is -1.60. The van der Waals surface area contributed by atoms with E-state index in [0.717, 1.165) is 20.3 Å². The van der Waals surface area contributed by atoms with Gasteiger partial charge in [-0.05, 0) is 25.1 Å². The lowest BCUT2D eigenvalue weighted by Gasteiger charge is -2.15. The van der Waals surface area contributed by atoms with Crippen LogP contribution in [0.4, 0.5) is 0 Å². The molecule has 0 spiro atoms. The van der Waals surface area contributed by atoms with E-state index in [2.05, 4.69) is 9.98 Å². The van der Waals surface area contributed by atoms with E-state index in [1.54, 1.807) is 25.1 Å². The fourth-order valence-corrected chi connectivity index (χ4v) is 4.16. The maximum atomic E-state index is 11.7. The SMILES string of the molecule is COC(=O)[C@@]1(C)CSC(c2nc3ccc(O)cc3s2)=N1. The number of benzene rings is 1. The van der Waals surface area contributed by atoms with Gasteiger partial charge in [0.1, 0.15) is 15.8 Å². The van der Waals surface area contributed by atoms with Crippen LogP contribution in [0, 0.1) is 0 Å². The Balaban J connectivity index is 2.00. The van der Waals surface area contributed by atoms with Crippen LogP contribution in [-0.4, -0.2) is 39.5 Å². The van der Waals surface area contributed by atoms with Gasteiger partial charge < -0.3 is 9.84 Å². The lowest BCUT2D eigenvalue weighted by atomic mass is 10.1. The third kappa shape index (κ3) is 2.16. The minimum atomic E-state index is -0.839. The molecule has 20 heavy (non-hydrogen) atoms. The fourth-order valence-electron chi connectivity index (χ4n) is 1.94. The first-order valence-electron chi connectivity index (χ1n) is 5.93. The predicted molar refractivity (Wildman–Crippen MR) is 80.7 cm³/mol. The summed E-state index contributed by atoms with van der Waals surface area (Å²) in [6, 6.07) is 5.05. The van der Waals surface area contributed by atoms with E-state index in [0.29, 0.717) is 5.75 Å². The van der Waals surface area contributed by atoms with E-state index in [1.165, 1.54) is 30.2 Å². The van der Waals surface area contributed by atoms with Crippen molar-refractivity contribution in [2.24, 2.45) is 4.99 Å². The van der Waals surface area contributed by atoms with Gasteiger partial charge in [0.05, 0.1) is 17.3 Å². The number of aliphatic imine (C=N–C) groups is 1. The molecule has 2 heterocycles. The average molecular weight is 308 g/mol. The Morgan fingerprint density at radius 3 is 3.05 bits per heavy atom. The van der Waals surface area contributed by atoms with Gasteiger partial charge in [-0.1, -0.05) is 0 Å². The van der Waals surface area contributed by atoms with Gasteiger partial charge in [0, 0.05) is 5.75 Å². The third-order valence-corrected chi connectivity index (χ3v) is 5.44. The van der Waals surface area contributed by atoms with Crippen molar-refractivity contribution >= 4 is 44.3 Å². The number of rotatable bonds is 2. The van der Waals surface area contributed by atoms with Crippen LogP contribution in [0.25, 0.3) is 10.2 Å². The Morgan fingerprint density at radius 2 is 2.30 bits per heavy atom. The minimum absolute atomic E-state index is 0.216. The zero-order valence-electron chi connectivity index (χ0n) is 10.9. The summed E-state index contributed by atoms with van der Waals surface area (Å²) in [6.45, 7) is 1.76. The fraction of sp³-hybridized carbons (Fsp3) is 0.308. The number of carbonyl (C=O) groups is 1. The van der Waals surface area contributed by atoms with Gasteiger partial charge in [-0.2, -0.15) is 0 Å². The molecule has 104 valence electrons. The van der Waals surface area contributed by atoms with E-state index in [9.17, 15) is 9.90 Å². The van der Waals surface area contributed by atoms with Crippen molar-refractivity contribution in [1.29, 1.82) is 0 Å². The van der Waals surface area contributed by atoms with Crippen molar-refractivity contribution in [3.8, 4) is 5.75 Å². The van der Waals surface area contributed by atoms with E-state index in [4.69, 9.17) is 4.74 Å². The van der Waals surface area contributed by atoms with Crippen molar-refractivity contribution in [3.63, 3.8) is 0 Å². The van der Waals surface area contributed by atoms with Crippen LogP contribution in [-0.2, 0) is 9.53 Å². The molecule has 0 unspecified atom stereocenters. The third-order valence-electron chi connectivity index (χ3n) is 3.02. The van der Waals surface area contributed by atoms with Crippen LogP contribution >= 0.6 is 23.1 Å². The molecular formula is C13H12N2O3S2. The molecule has 0 fully saturated rings. The van der Waals surface area contributed by atoms with Crippen molar-refractivity contribution in [2.45, 2.75) is 12.5 Å². The smallest absolute Gasteiger partial charge is 0.334 e. The number of phenols is 1. The standard InChI is InChI=1S/C13H12N2O3S2/c1-13(12(17)18-2)6-19-11(15-13)10-14-8-4-3-7(16)5-9(8)20-10/h3-5,16H,6H2,1-2H3/t13-/m1/s1. The number of aromatic hydroxyl groups is 1. The van der Waals surface area contributed by atoms with E-state index in [-0.39, 0.29) is 11.7 Å². The number of fused-ring (bicyclic) bond motifs is 1. The summed E-state index contributed by atoms with van der Waals surface area (Å²) in [5.41, 5.74) is -0.0212. The Bertz CT molecular complexity index is 725. The maximum Gasteiger partial charge on any atom is 0.334 e. The normalized spacial score (nSPS) is 22.0. The van der Waals surface area contributed by atoms with Crippen LogP contribution in [0.5, 0.6) is 5.75 Å². The Morgan fingerprint density at radius 1 is 1.50 bits per heavy atom. The van der Waals surface area contributed by atoms with Gasteiger partial charge in [-0.15, -0.1) is 23.1 Å². The van der Waals surface area contributed by atoms with E-state index >= 15 is 0 Å². The van der Waals surface area contributed by atoms with Crippen molar-refractivity contribution in [2.75, 3.05) is 12.9 Å². The summed E-state index contributed by atoms with van der Waals surface area (Å²) in [4.78, 5) is 20.7. The van der Waals surface area contributed by atoms with Crippen molar-refractivity contribution in [1.82, 2.24) is 4.98 Å². The zero-order chi connectivity index (χ0) is 14.3. The number of ether oxygens (including phenoxy) is 1. The molecule has 1 aromatic heterocycles. The molecule has 2 aromatic rings. The molecule has 7 heteroatoms. The molecule has 0 bridgehead atoms. The zero-order valence-corrected chi connectivity index (χ0v) is 12.5. The van der Waals surface area contributed by atoms with E-state index < -0.39 is 5.54 Å². The number of esters is 1. The van der Waals surface area contributed by atoms with Gasteiger partial charge in [0.2, 0.25) is 0 Å². The Kier molecular flexibility index (Phi) is 3.18. The summed E-state index contributed by atoms with van der Waals surface area (Å²) in [7, 11) is 1.37.